The number of anilines is 1. The molecule has 1 heterocycles. The molecule has 132 valence electrons. The number of nitrogens with one attached hydrogen (secondary N) is 1. The molecule has 2 rings (SSSR count). The van der Waals surface area contributed by atoms with Crippen molar-refractivity contribution in [3.8, 4) is 0 Å². The monoisotopic (exact) mass is 344 g/mol. The zero-order valence-electron chi connectivity index (χ0n) is 13.3. The highest BCUT2D eigenvalue weighted by molar-refractivity contribution is 5.91. The lowest BCUT2D eigenvalue weighted by Gasteiger charge is -2.24. The van der Waals surface area contributed by atoms with Gasteiger partial charge in [0.25, 0.3) is 0 Å². The Bertz CT molecular complexity index is 619. The molecule has 2 amide bonds. The molecule has 1 aromatic rings. The third-order valence-electron chi connectivity index (χ3n) is 3.91. The molecular weight excluding hydrogens is 325 g/mol. The molecule has 8 heteroatoms. The molecule has 1 saturated heterocycles. The van der Waals surface area contributed by atoms with Crippen LogP contribution in [0.2, 0.25) is 0 Å². The molecule has 0 aromatic heterocycles. The lowest BCUT2D eigenvalue weighted by Crippen LogP contribution is -2.41. The number of carbonyl (C=O) groups excluding carboxylic acids is 2. The van der Waals surface area contributed by atoms with E-state index < -0.39 is 23.4 Å². The molecule has 0 unspecified atom stereocenters. The number of rotatable bonds is 5. The highest BCUT2D eigenvalue weighted by atomic mass is 19.2. The Morgan fingerprint density at radius 2 is 1.88 bits per heavy atom. The summed E-state index contributed by atoms with van der Waals surface area (Å²) in [6.45, 7) is 2.26. The summed E-state index contributed by atoms with van der Waals surface area (Å²) in [5, 5.41) is 2.67. The van der Waals surface area contributed by atoms with Gasteiger partial charge in [-0.25, -0.2) is 13.2 Å². The van der Waals surface area contributed by atoms with Gasteiger partial charge in [-0.3, -0.25) is 9.59 Å². The molecule has 0 radical (unpaired) electrons. The maximum Gasteiger partial charge on any atom is 0.224 e. The van der Waals surface area contributed by atoms with Gasteiger partial charge in [0.15, 0.2) is 17.5 Å². The van der Waals surface area contributed by atoms with E-state index in [2.05, 4.69) is 5.32 Å². The highest BCUT2D eigenvalue weighted by Gasteiger charge is 2.23. The molecule has 24 heavy (non-hydrogen) atoms. The van der Waals surface area contributed by atoms with E-state index in [1.165, 1.54) is 6.92 Å². The van der Waals surface area contributed by atoms with Gasteiger partial charge < -0.3 is 15.0 Å². The average Bonchev–Trinajstić information content (AvgIpc) is 2.58. The second kappa shape index (κ2) is 8.14. The summed E-state index contributed by atoms with van der Waals surface area (Å²) in [4.78, 5) is 24.6. The number of hydrogen-bond acceptors (Lipinski definition) is 3. The van der Waals surface area contributed by atoms with Gasteiger partial charge in [-0.2, -0.15) is 0 Å². The Balaban J connectivity index is 1.98. The molecule has 0 atom stereocenters. The molecule has 1 aliphatic rings. The Labute approximate surface area is 137 Å². The fourth-order valence-electron chi connectivity index (χ4n) is 2.57. The van der Waals surface area contributed by atoms with Gasteiger partial charge in [-0.05, 0) is 25.0 Å². The SMILES string of the molecule is CC(=O)N(CCNC(=O)C1CCOCC1)c1ccc(F)c(F)c1F. The van der Waals surface area contributed by atoms with Crippen LogP contribution < -0.4 is 10.2 Å². The molecule has 5 nitrogen and oxygen atoms in total. The number of ether oxygens (including phenoxy) is 1. The Morgan fingerprint density at radius 3 is 2.50 bits per heavy atom. The van der Waals surface area contributed by atoms with Gasteiger partial charge in [0.2, 0.25) is 11.8 Å². The lowest BCUT2D eigenvalue weighted by atomic mass is 9.99. The number of halogens is 3. The molecule has 0 saturated carbocycles. The summed E-state index contributed by atoms with van der Waals surface area (Å²) in [5.74, 6) is -5.24. The molecule has 0 bridgehead atoms. The number of hydrogen-bond donors (Lipinski definition) is 1. The van der Waals surface area contributed by atoms with E-state index in [0.717, 1.165) is 17.0 Å². The van der Waals surface area contributed by atoms with Gasteiger partial charge in [0.05, 0.1) is 5.69 Å². The fourth-order valence-corrected chi connectivity index (χ4v) is 2.57. The summed E-state index contributed by atoms with van der Waals surface area (Å²) >= 11 is 0. The number of benzene rings is 1. The lowest BCUT2D eigenvalue weighted by molar-refractivity contribution is -0.127. The summed E-state index contributed by atoms with van der Waals surface area (Å²) in [7, 11) is 0. The summed E-state index contributed by atoms with van der Waals surface area (Å²) in [6, 6.07) is 1.75. The van der Waals surface area contributed by atoms with Crippen molar-refractivity contribution in [2.45, 2.75) is 19.8 Å². The second-order valence-electron chi connectivity index (χ2n) is 5.54. The zero-order chi connectivity index (χ0) is 17.7. The largest absolute Gasteiger partial charge is 0.381 e. The van der Waals surface area contributed by atoms with Gasteiger partial charge in [-0.1, -0.05) is 0 Å². The predicted molar refractivity (Wildman–Crippen MR) is 80.9 cm³/mol. The standard InChI is InChI=1S/C16H19F3N2O3/c1-10(22)21(13-3-2-12(17)14(18)15(13)19)7-6-20-16(23)11-4-8-24-9-5-11/h2-3,11H,4-9H2,1H3,(H,20,23). The molecule has 1 N–H and O–H groups in total. The third kappa shape index (κ3) is 4.25. The van der Waals surface area contributed by atoms with Crippen molar-refractivity contribution < 1.29 is 27.5 Å². The number of carbonyl (C=O) groups is 2. The summed E-state index contributed by atoms with van der Waals surface area (Å²) < 4.78 is 45.4. The topological polar surface area (TPSA) is 58.6 Å². The third-order valence-corrected chi connectivity index (χ3v) is 3.91. The van der Waals surface area contributed by atoms with Crippen LogP contribution in [0.4, 0.5) is 18.9 Å². The van der Waals surface area contributed by atoms with Gasteiger partial charge in [0, 0.05) is 39.1 Å². The maximum atomic E-state index is 13.8. The molecule has 1 aromatic carbocycles. The normalized spacial score (nSPS) is 15.2. The van der Waals surface area contributed by atoms with E-state index in [-0.39, 0.29) is 30.6 Å². The zero-order valence-corrected chi connectivity index (χ0v) is 13.3. The fraction of sp³-hybridized carbons (Fsp3) is 0.500. The first kappa shape index (κ1) is 18.3. The maximum absolute atomic E-state index is 13.8. The minimum Gasteiger partial charge on any atom is -0.381 e. The average molecular weight is 344 g/mol. The van der Waals surface area contributed by atoms with E-state index in [4.69, 9.17) is 4.74 Å². The summed E-state index contributed by atoms with van der Waals surface area (Å²) in [5.41, 5.74) is -0.360. The van der Waals surface area contributed by atoms with Crippen LogP contribution in [0.3, 0.4) is 0 Å². The van der Waals surface area contributed by atoms with Crippen molar-refractivity contribution in [1.82, 2.24) is 5.32 Å². The van der Waals surface area contributed by atoms with Crippen molar-refractivity contribution in [3.05, 3.63) is 29.6 Å². The van der Waals surface area contributed by atoms with Crippen LogP contribution in [0, 0.1) is 23.4 Å². The smallest absolute Gasteiger partial charge is 0.224 e. The first-order chi connectivity index (χ1) is 11.4. The first-order valence-electron chi connectivity index (χ1n) is 7.69. The molecule has 1 fully saturated rings. The van der Waals surface area contributed by atoms with Crippen LogP contribution in [-0.4, -0.2) is 38.1 Å². The van der Waals surface area contributed by atoms with Gasteiger partial charge in [0.1, 0.15) is 0 Å². The van der Waals surface area contributed by atoms with Gasteiger partial charge in [-0.15, -0.1) is 0 Å². The predicted octanol–water partition coefficient (Wildman–Crippen LogP) is 2.00. The van der Waals surface area contributed by atoms with Crippen LogP contribution in [-0.2, 0) is 14.3 Å². The number of amides is 2. The molecular formula is C16H19F3N2O3. The van der Waals surface area contributed by atoms with Crippen molar-refractivity contribution in [1.29, 1.82) is 0 Å². The second-order valence-corrected chi connectivity index (χ2v) is 5.54. The van der Waals surface area contributed by atoms with Crippen LogP contribution >= 0.6 is 0 Å². The van der Waals surface area contributed by atoms with E-state index >= 15 is 0 Å². The van der Waals surface area contributed by atoms with Gasteiger partial charge >= 0.3 is 0 Å². The minimum absolute atomic E-state index is 0.0493. The van der Waals surface area contributed by atoms with E-state index in [9.17, 15) is 22.8 Å². The molecule has 1 aliphatic heterocycles. The van der Waals surface area contributed by atoms with Crippen LogP contribution in [0.5, 0.6) is 0 Å². The minimum atomic E-state index is -1.63. The van der Waals surface area contributed by atoms with E-state index in [1.54, 1.807) is 0 Å². The van der Waals surface area contributed by atoms with Crippen molar-refractivity contribution in [2.24, 2.45) is 5.92 Å². The van der Waals surface area contributed by atoms with Crippen molar-refractivity contribution in [3.63, 3.8) is 0 Å². The van der Waals surface area contributed by atoms with Crippen LogP contribution in [0.15, 0.2) is 12.1 Å². The first-order valence-corrected chi connectivity index (χ1v) is 7.69. The molecule has 0 spiro atoms. The Morgan fingerprint density at radius 1 is 1.21 bits per heavy atom. The van der Waals surface area contributed by atoms with Crippen LogP contribution in [0.1, 0.15) is 19.8 Å². The van der Waals surface area contributed by atoms with E-state index in [0.29, 0.717) is 26.1 Å². The summed E-state index contributed by atoms with van der Waals surface area (Å²) in [6.07, 6.45) is 1.25. The van der Waals surface area contributed by atoms with Crippen molar-refractivity contribution >= 4 is 17.5 Å². The quantitative estimate of drug-likeness (QED) is 0.831. The van der Waals surface area contributed by atoms with E-state index in [1.807, 2.05) is 0 Å². The Kier molecular flexibility index (Phi) is 6.19. The number of nitrogens with zero attached hydrogens (tertiary/aromatic N) is 1. The molecule has 0 aliphatic carbocycles. The highest BCUT2D eigenvalue weighted by Crippen LogP contribution is 2.23. The van der Waals surface area contributed by atoms with Crippen LogP contribution in [0.25, 0.3) is 0 Å². The Hall–Kier alpha value is -2.09. The van der Waals surface area contributed by atoms with Crippen molar-refractivity contribution in [2.75, 3.05) is 31.2 Å².